The summed E-state index contributed by atoms with van der Waals surface area (Å²) in [5.41, 5.74) is 5.83. The lowest BCUT2D eigenvalue weighted by molar-refractivity contribution is 0.171. The number of nitrogen functional groups attached to an aromatic ring is 1. The molecule has 0 saturated carbocycles. The Kier molecular flexibility index (Phi) is 3.42. The Labute approximate surface area is 119 Å². The summed E-state index contributed by atoms with van der Waals surface area (Å²) in [6, 6.07) is 7.28. The third-order valence-electron chi connectivity index (χ3n) is 2.63. The van der Waals surface area contributed by atoms with E-state index in [1.54, 1.807) is 12.3 Å². The highest BCUT2D eigenvalue weighted by atomic mass is 32.2. The first-order valence-electron chi connectivity index (χ1n) is 5.97. The molecule has 3 N–H and O–H groups in total. The standard InChI is InChI=1S/C13H12N4O2S/c14-12(15)9-3-4-16-13(17-9)20-8-1-2-10-11(7-8)19-6-5-18-10/h1-4,7H,5-6H2,(H3,14,15). The van der Waals surface area contributed by atoms with Gasteiger partial charge in [0.15, 0.2) is 16.7 Å². The van der Waals surface area contributed by atoms with Crippen LogP contribution in [0.15, 0.2) is 40.5 Å². The van der Waals surface area contributed by atoms with Crippen molar-refractivity contribution in [2.24, 2.45) is 5.73 Å². The molecule has 0 fully saturated rings. The normalized spacial score (nSPS) is 13.0. The summed E-state index contributed by atoms with van der Waals surface area (Å²) >= 11 is 1.38. The fraction of sp³-hybridized carbons (Fsp3) is 0.154. The number of amidine groups is 1. The van der Waals surface area contributed by atoms with Gasteiger partial charge < -0.3 is 15.2 Å². The van der Waals surface area contributed by atoms with Gasteiger partial charge >= 0.3 is 0 Å². The van der Waals surface area contributed by atoms with Crippen LogP contribution in [0.25, 0.3) is 0 Å². The molecule has 102 valence electrons. The van der Waals surface area contributed by atoms with E-state index in [2.05, 4.69) is 9.97 Å². The zero-order valence-corrected chi connectivity index (χ0v) is 11.3. The van der Waals surface area contributed by atoms with Crippen LogP contribution < -0.4 is 15.2 Å². The molecule has 0 aliphatic carbocycles. The Morgan fingerprint density at radius 3 is 2.80 bits per heavy atom. The number of aromatic nitrogens is 2. The van der Waals surface area contributed by atoms with Crippen LogP contribution in [0, 0.1) is 5.41 Å². The summed E-state index contributed by atoms with van der Waals surface area (Å²) in [5, 5.41) is 7.91. The van der Waals surface area contributed by atoms with Crippen LogP contribution in [-0.2, 0) is 0 Å². The van der Waals surface area contributed by atoms with Crippen LogP contribution in [0.2, 0.25) is 0 Å². The Balaban J connectivity index is 1.84. The van der Waals surface area contributed by atoms with Gasteiger partial charge in [-0.15, -0.1) is 0 Å². The van der Waals surface area contributed by atoms with E-state index >= 15 is 0 Å². The average Bonchev–Trinajstić information content (AvgIpc) is 2.47. The third kappa shape index (κ3) is 2.67. The van der Waals surface area contributed by atoms with Crippen molar-refractivity contribution in [3.63, 3.8) is 0 Å². The van der Waals surface area contributed by atoms with Crippen molar-refractivity contribution >= 4 is 17.6 Å². The molecule has 0 radical (unpaired) electrons. The number of nitrogens with zero attached hydrogens (tertiary/aromatic N) is 2. The van der Waals surface area contributed by atoms with Crippen LogP contribution >= 0.6 is 11.8 Å². The van der Waals surface area contributed by atoms with Crippen LogP contribution in [0.5, 0.6) is 11.5 Å². The maximum atomic E-state index is 7.38. The first-order valence-corrected chi connectivity index (χ1v) is 6.79. The molecule has 1 aliphatic rings. The summed E-state index contributed by atoms with van der Waals surface area (Å²) in [5.74, 6) is 1.40. The minimum absolute atomic E-state index is 0.0728. The van der Waals surface area contributed by atoms with Crippen molar-refractivity contribution in [3.8, 4) is 11.5 Å². The van der Waals surface area contributed by atoms with Crippen molar-refractivity contribution in [2.45, 2.75) is 10.1 Å². The van der Waals surface area contributed by atoms with Gasteiger partial charge in [-0.1, -0.05) is 0 Å². The van der Waals surface area contributed by atoms with Crippen molar-refractivity contribution in [2.75, 3.05) is 13.2 Å². The molecular formula is C13H12N4O2S. The van der Waals surface area contributed by atoms with E-state index in [9.17, 15) is 0 Å². The van der Waals surface area contributed by atoms with Crippen LogP contribution in [-0.4, -0.2) is 29.0 Å². The first kappa shape index (κ1) is 12.7. The fourth-order valence-corrected chi connectivity index (χ4v) is 2.50. The van der Waals surface area contributed by atoms with Crippen LogP contribution in [0.3, 0.4) is 0 Å². The summed E-state index contributed by atoms with van der Waals surface area (Å²) in [7, 11) is 0. The Bertz CT molecular complexity index is 663. The highest BCUT2D eigenvalue weighted by Crippen LogP contribution is 2.35. The van der Waals surface area contributed by atoms with Crippen molar-refractivity contribution < 1.29 is 9.47 Å². The Morgan fingerprint density at radius 1 is 1.20 bits per heavy atom. The zero-order valence-electron chi connectivity index (χ0n) is 10.5. The van der Waals surface area contributed by atoms with E-state index in [4.69, 9.17) is 20.6 Å². The molecule has 1 aromatic carbocycles. The number of nitrogens with one attached hydrogen (secondary N) is 1. The lowest BCUT2D eigenvalue weighted by Gasteiger charge is -2.18. The van der Waals surface area contributed by atoms with E-state index in [-0.39, 0.29) is 5.84 Å². The summed E-state index contributed by atoms with van der Waals surface area (Å²) in [6.45, 7) is 1.13. The average molecular weight is 288 g/mol. The van der Waals surface area contributed by atoms with E-state index in [1.807, 2.05) is 18.2 Å². The Hall–Kier alpha value is -2.28. The van der Waals surface area contributed by atoms with Crippen molar-refractivity contribution in [3.05, 3.63) is 36.2 Å². The Morgan fingerprint density at radius 2 is 2.00 bits per heavy atom. The molecular weight excluding hydrogens is 276 g/mol. The molecule has 2 aromatic rings. The van der Waals surface area contributed by atoms with Crippen LogP contribution in [0.1, 0.15) is 5.69 Å². The van der Waals surface area contributed by atoms with Gasteiger partial charge in [-0.3, -0.25) is 5.41 Å². The monoisotopic (exact) mass is 288 g/mol. The topological polar surface area (TPSA) is 94.1 Å². The molecule has 20 heavy (non-hydrogen) atoms. The molecule has 0 unspecified atom stereocenters. The van der Waals surface area contributed by atoms with E-state index in [0.29, 0.717) is 24.1 Å². The molecule has 0 bridgehead atoms. The number of fused-ring (bicyclic) bond motifs is 1. The van der Waals surface area contributed by atoms with Crippen LogP contribution in [0.4, 0.5) is 0 Å². The maximum absolute atomic E-state index is 7.38. The van der Waals surface area contributed by atoms with Crippen molar-refractivity contribution in [1.82, 2.24) is 9.97 Å². The molecule has 0 saturated heterocycles. The number of benzene rings is 1. The second-order valence-electron chi connectivity index (χ2n) is 4.05. The molecule has 0 atom stereocenters. The van der Waals surface area contributed by atoms with Gasteiger partial charge in [0, 0.05) is 11.1 Å². The second kappa shape index (κ2) is 5.38. The van der Waals surface area contributed by atoms with Gasteiger partial charge in [-0.25, -0.2) is 9.97 Å². The predicted octanol–water partition coefficient (Wildman–Crippen LogP) is 1.68. The van der Waals surface area contributed by atoms with Gasteiger partial charge in [0.2, 0.25) is 0 Å². The highest BCUT2D eigenvalue weighted by Gasteiger charge is 2.13. The number of nitrogens with two attached hydrogens (primary N) is 1. The predicted molar refractivity (Wildman–Crippen MR) is 74.6 cm³/mol. The molecule has 1 aliphatic heterocycles. The molecule has 0 spiro atoms. The van der Waals surface area contributed by atoms with Gasteiger partial charge in [0.25, 0.3) is 0 Å². The quantitative estimate of drug-likeness (QED) is 0.507. The summed E-state index contributed by atoms with van der Waals surface area (Å²) < 4.78 is 11.0. The third-order valence-corrected chi connectivity index (χ3v) is 3.50. The smallest absolute Gasteiger partial charge is 0.193 e. The zero-order chi connectivity index (χ0) is 13.9. The summed E-state index contributed by atoms with van der Waals surface area (Å²) in [4.78, 5) is 9.31. The van der Waals surface area contributed by atoms with Crippen molar-refractivity contribution in [1.29, 1.82) is 5.41 Å². The highest BCUT2D eigenvalue weighted by molar-refractivity contribution is 7.99. The van der Waals surface area contributed by atoms with E-state index < -0.39 is 0 Å². The molecule has 2 heterocycles. The second-order valence-corrected chi connectivity index (χ2v) is 5.09. The molecule has 1 aromatic heterocycles. The fourth-order valence-electron chi connectivity index (χ4n) is 1.73. The number of hydrogen-bond donors (Lipinski definition) is 2. The maximum Gasteiger partial charge on any atom is 0.193 e. The first-order chi connectivity index (χ1) is 9.72. The summed E-state index contributed by atoms with van der Waals surface area (Å²) in [6.07, 6.45) is 1.59. The van der Waals surface area contributed by atoms with E-state index in [0.717, 1.165) is 16.4 Å². The lowest BCUT2D eigenvalue weighted by atomic mass is 10.3. The lowest BCUT2D eigenvalue weighted by Crippen LogP contribution is -2.15. The molecule has 0 amide bonds. The van der Waals surface area contributed by atoms with Gasteiger partial charge in [0.05, 0.1) is 0 Å². The van der Waals surface area contributed by atoms with Gasteiger partial charge in [-0.2, -0.15) is 0 Å². The molecule has 6 nitrogen and oxygen atoms in total. The van der Waals surface area contributed by atoms with E-state index in [1.165, 1.54) is 11.8 Å². The number of ether oxygens (including phenoxy) is 2. The number of hydrogen-bond acceptors (Lipinski definition) is 6. The number of rotatable bonds is 3. The minimum Gasteiger partial charge on any atom is -0.486 e. The molecule has 3 rings (SSSR count). The SMILES string of the molecule is N=C(N)c1ccnc(Sc2ccc3c(c2)OCCO3)n1. The molecule has 7 heteroatoms. The largest absolute Gasteiger partial charge is 0.486 e. The minimum atomic E-state index is -0.0728. The van der Waals surface area contributed by atoms with Gasteiger partial charge in [-0.05, 0) is 36.0 Å². The van der Waals surface area contributed by atoms with Gasteiger partial charge in [0.1, 0.15) is 24.7 Å².